The smallest absolute Gasteiger partial charge is 0.225 e. The molecular weight excluding hydrogens is 284 g/mol. The van der Waals surface area contributed by atoms with E-state index in [1.54, 1.807) is 0 Å². The molecule has 0 aromatic carbocycles. The Morgan fingerprint density at radius 2 is 1.57 bits per heavy atom. The molecule has 1 saturated heterocycles. The lowest BCUT2D eigenvalue weighted by atomic mass is 9.67. The second-order valence-electron chi connectivity index (χ2n) is 7.53. The summed E-state index contributed by atoms with van der Waals surface area (Å²) in [7, 11) is 0. The minimum absolute atomic E-state index is 0. The molecule has 4 heteroatoms. The zero-order valence-corrected chi connectivity index (χ0v) is 14.3. The van der Waals surface area contributed by atoms with Crippen molar-refractivity contribution in [3.63, 3.8) is 0 Å². The number of nitrogens with zero attached hydrogens (tertiary/aromatic N) is 1. The van der Waals surface area contributed by atoms with Gasteiger partial charge in [-0.3, -0.25) is 4.79 Å². The van der Waals surface area contributed by atoms with Crippen LogP contribution in [0.4, 0.5) is 0 Å². The molecule has 1 aliphatic heterocycles. The van der Waals surface area contributed by atoms with E-state index in [2.05, 4.69) is 24.1 Å². The van der Waals surface area contributed by atoms with E-state index < -0.39 is 0 Å². The Bertz CT molecular complexity index is 353. The predicted octanol–water partition coefficient (Wildman–Crippen LogP) is 3.22. The minimum atomic E-state index is 0. The van der Waals surface area contributed by atoms with E-state index in [4.69, 9.17) is 0 Å². The van der Waals surface area contributed by atoms with Crippen molar-refractivity contribution in [2.75, 3.05) is 13.1 Å². The standard InChI is InChI=1S/C17H30N2O.ClH/c1-12-10-19(11-13(2)18-12)17(20)16-8-7-14-5-3-4-6-15(14)9-16;/h12-16,18H,3-11H2,1-2H3;1H. The molecule has 3 nitrogen and oxygen atoms in total. The van der Waals surface area contributed by atoms with Crippen LogP contribution in [0, 0.1) is 17.8 Å². The highest BCUT2D eigenvalue weighted by Gasteiger charge is 2.37. The van der Waals surface area contributed by atoms with Crippen molar-refractivity contribution in [3.05, 3.63) is 0 Å². The number of halogens is 1. The van der Waals surface area contributed by atoms with Crippen LogP contribution < -0.4 is 5.32 Å². The normalized spacial score (nSPS) is 40.1. The third kappa shape index (κ3) is 3.92. The number of amides is 1. The number of piperazine rings is 1. The van der Waals surface area contributed by atoms with Crippen molar-refractivity contribution >= 4 is 18.3 Å². The Morgan fingerprint density at radius 3 is 2.24 bits per heavy atom. The van der Waals surface area contributed by atoms with E-state index in [0.29, 0.717) is 23.9 Å². The van der Waals surface area contributed by atoms with Gasteiger partial charge in [0.1, 0.15) is 0 Å². The molecule has 0 spiro atoms. The Hall–Kier alpha value is -0.280. The first kappa shape index (κ1) is 17.1. The van der Waals surface area contributed by atoms with Gasteiger partial charge >= 0.3 is 0 Å². The third-order valence-electron chi connectivity index (χ3n) is 5.76. The van der Waals surface area contributed by atoms with Gasteiger partial charge in [-0.15, -0.1) is 12.4 Å². The quantitative estimate of drug-likeness (QED) is 0.806. The first-order valence-electron chi connectivity index (χ1n) is 8.68. The van der Waals surface area contributed by atoms with Gasteiger partial charge in [0.05, 0.1) is 0 Å². The molecule has 0 radical (unpaired) electrons. The van der Waals surface area contributed by atoms with E-state index in [0.717, 1.165) is 31.3 Å². The minimum Gasteiger partial charge on any atom is -0.339 e. The van der Waals surface area contributed by atoms with Crippen molar-refractivity contribution in [2.45, 2.75) is 70.9 Å². The number of fused-ring (bicyclic) bond motifs is 1. The van der Waals surface area contributed by atoms with E-state index in [1.807, 2.05) is 0 Å². The van der Waals surface area contributed by atoms with Gasteiger partial charge in [0.25, 0.3) is 0 Å². The van der Waals surface area contributed by atoms with E-state index in [-0.39, 0.29) is 12.4 Å². The number of nitrogens with one attached hydrogen (secondary N) is 1. The number of hydrogen-bond acceptors (Lipinski definition) is 2. The maximum atomic E-state index is 12.8. The second-order valence-corrected chi connectivity index (χ2v) is 7.53. The summed E-state index contributed by atoms with van der Waals surface area (Å²) in [6.45, 7) is 6.17. The molecule has 1 amide bonds. The van der Waals surface area contributed by atoms with Crippen LogP contribution in [-0.2, 0) is 4.79 Å². The highest BCUT2D eigenvalue weighted by atomic mass is 35.5. The van der Waals surface area contributed by atoms with Gasteiger partial charge in [-0.2, -0.15) is 0 Å². The highest BCUT2D eigenvalue weighted by Crippen LogP contribution is 2.43. The summed E-state index contributed by atoms with van der Waals surface area (Å²) in [5, 5.41) is 3.52. The lowest BCUT2D eigenvalue weighted by molar-refractivity contribution is -0.139. The molecule has 0 bridgehead atoms. The van der Waals surface area contributed by atoms with Crippen LogP contribution in [0.25, 0.3) is 0 Å². The van der Waals surface area contributed by atoms with Crippen LogP contribution in [-0.4, -0.2) is 36.0 Å². The van der Waals surface area contributed by atoms with Crippen LogP contribution in [0.3, 0.4) is 0 Å². The molecule has 0 aromatic heterocycles. The predicted molar refractivity (Wildman–Crippen MR) is 88.7 cm³/mol. The van der Waals surface area contributed by atoms with Gasteiger partial charge in [-0.25, -0.2) is 0 Å². The fourth-order valence-corrected chi connectivity index (χ4v) is 4.86. The molecule has 21 heavy (non-hydrogen) atoms. The molecule has 5 atom stereocenters. The average molecular weight is 315 g/mol. The molecule has 3 aliphatic rings. The first-order valence-corrected chi connectivity index (χ1v) is 8.68. The molecule has 2 saturated carbocycles. The molecular formula is C17H31ClN2O. The SMILES string of the molecule is CC1CN(C(=O)C2CCC3CCCCC3C2)CC(C)N1.Cl. The zero-order valence-electron chi connectivity index (χ0n) is 13.5. The van der Waals surface area contributed by atoms with Crippen LogP contribution in [0.2, 0.25) is 0 Å². The maximum absolute atomic E-state index is 12.8. The summed E-state index contributed by atoms with van der Waals surface area (Å²) < 4.78 is 0. The Kier molecular flexibility index (Phi) is 5.96. The summed E-state index contributed by atoms with van der Waals surface area (Å²) in [6.07, 6.45) is 9.24. The summed E-state index contributed by atoms with van der Waals surface area (Å²) >= 11 is 0. The van der Waals surface area contributed by atoms with Crippen LogP contribution in [0.5, 0.6) is 0 Å². The largest absolute Gasteiger partial charge is 0.339 e. The number of rotatable bonds is 1. The monoisotopic (exact) mass is 314 g/mol. The fraction of sp³-hybridized carbons (Fsp3) is 0.941. The number of carbonyl (C=O) groups excluding carboxylic acids is 1. The van der Waals surface area contributed by atoms with Gasteiger partial charge in [-0.05, 0) is 44.9 Å². The lowest BCUT2D eigenvalue weighted by Gasteiger charge is -2.42. The van der Waals surface area contributed by atoms with Crippen molar-refractivity contribution in [2.24, 2.45) is 17.8 Å². The number of hydrogen-bond donors (Lipinski definition) is 1. The van der Waals surface area contributed by atoms with Crippen molar-refractivity contribution in [1.29, 1.82) is 0 Å². The lowest BCUT2D eigenvalue weighted by Crippen LogP contribution is -2.57. The maximum Gasteiger partial charge on any atom is 0.225 e. The molecule has 2 aliphatic carbocycles. The molecule has 3 rings (SSSR count). The van der Waals surface area contributed by atoms with E-state index in [9.17, 15) is 4.79 Å². The van der Waals surface area contributed by atoms with Crippen molar-refractivity contribution < 1.29 is 4.79 Å². The average Bonchev–Trinajstić information content (AvgIpc) is 2.45. The molecule has 0 aromatic rings. The third-order valence-corrected chi connectivity index (χ3v) is 5.76. The highest BCUT2D eigenvalue weighted by molar-refractivity contribution is 5.85. The van der Waals surface area contributed by atoms with Crippen molar-refractivity contribution in [3.8, 4) is 0 Å². The molecule has 1 N–H and O–H groups in total. The first-order chi connectivity index (χ1) is 9.63. The Balaban J connectivity index is 0.00000161. The van der Waals surface area contributed by atoms with Crippen LogP contribution in [0.1, 0.15) is 58.8 Å². The summed E-state index contributed by atoms with van der Waals surface area (Å²) in [6, 6.07) is 0.877. The molecule has 5 unspecified atom stereocenters. The number of carbonyl (C=O) groups is 1. The van der Waals surface area contributed by atoms with E-state index in [1.165, 1.54) is 38.5 Å². The van der Waals surface area contributed by atoms with Crippen LogP contribution >= 0.6 is 12.4 Å². The van der Waals surface area contributed by atoms with Gasteiger partial charge in [0.15, 0.2) is 0 Å². The van der Waals surface area contributed by atoms with Gasteiger partial charge in [-0.1, -0.05) is 25.7 Å². The van der Waals surface area contributed by atoms with Gasteiger partial charge in [0, 0.05) is 31.1 Å². The molecule has 122 valence electrons. The van der Waals surface area contributed by atoms with Gasteiger partial charge in [0.2, 0.25) is 5.91 Å². The Morgan fingerprint density at radius 1 is 0.952 bits per heavy atom. The second kappa shape index (κ2) is 7.32. The molecule has 3 fully saturated rings. The topological polar surface area (TPSA) is 32.3 Å². The van der Waals surface area contributed by atoms with Crippen molar-refractivity contribution in [1.82, 2.24) is 10.2 Å². The molecule has 1 heterocycles. The summed E-state index contributed by atoms with van der Waals surface area (Å²) in [5.41, 5.74) is 0. The van der Waals surface area contributed by atoms with Gasteiger partial charge < -0.3 is 10.2 Å². The Labute approximate surface area is 135 Å². The summed E-state index contributed by atoms with van der Waals surface area (Å²) in [5.74, 6) is 2.57. The fourth-order valence-electron chi connectivity index (χ4n) is 4.86. The zero-order chi connectivity index (χ0) is 14.1. The van der Waals surface area contributed by atoms with Crippen LogP contribution in [0.15, 0.2) is 0 Å². The summed E-state index contributed by atoms with van der Waals surface area (Å²) in [4.78, 5) is 15.0. The van der Waals surface area contributed by atoms with E-state index >= 15 is 0 Å².